The first-order chi connectivity index (χ1) is 9.58. The Morgan fingerprint density at radius 2 is 2.30 bits per heavy atom. The molecule has 2 aromatic rings. The summed E-state index contributed by atoms with van der Waals surface area (Å²) in [5.41, 5.74) is 0. The van der Waals surface area contributed by atoms with Crippen LogP contribution >= 0.6 is 22.9 Å². The maximum absolute atomic E-state index is 11.8. The van der Waals surface area contributed by atoms with Gasteiger partial charge >= 0.3 is 5.97 Å². The molecule has 1 N–H and O–H groups in total. The van der Waals surface area contributed by atoms with Gasteiger partial charge in [0.1, 0.15) is 12.9 Å². The Morgan fingerprint density at radius 1 is 1.50 bits per heavy atom. The van der Waals surface area contributed by atoms with Crippen molar-refractivity contribution in [1.29, 1.82) is 0 Å². The number of anilines is 1. The maximum Gasteiger partial charge on any atom is 0.327 e. The number of hydrogen-bond acceptors (Lipinski definition) is 6. The molecule has 0 radical (unpaired) electrons. The summed E-state index contributed by atoms with van der Waals surface area (Å²) in [6.45, 7) is 1.97. The van der Waals surface area contributed by atoms with Crippen molar-refractivity contribution >= 4 is 40.8 Å². The first-order valence-electron chi connectivity index (χ1n) is 5.70. The second kappa shape index (κ2) is 6.49. The number of esters is 1. The van der Waals surface area contributed by atoms with E-state index in [0.29, 0.717) is 15.8 Å². The fourth-order valence-electron chi connectivity index (χ4n) is 1.37. The molecule has 0 saturated heterocycles. The molecule has 2 heterocycles. The topological polar surface area (TPSA) is 86.1 Å². The molecular formula is C11H11ClN4O3S. The summed E-state index contributed by atoms with van der Waals surface area (Å²) in [5, 5.41) is 6.46. The van der Waals surface area contributed by atoms with Gasteiger partial charge in [-0.1, -0.05) is 11.6 Å². The Balaban J connectivity index is 1.95. The lowest BCUT2D eigenvalue weighted by Crippen LogP contribution is -2.15. The summed E-state index contributed by atoms with van der Waals surface area (Å²) < 4.78 is 6.59. The van der Waals surface area contributed by atoms with Crippen LogP contribution in [0.1, 0.15) is 16.6 Å². The predicted octanol–water partition coefficient (Wildman–Crippen LogP) is 1.81. The van der Waals surface area contributed by atoms with Gasteiger partial charge in [0, 0.05) is 0 Å². The van der Waals surface area contributed by atoms with Gasteiger partial charge in [-0.3, -0.25) is 14.9 Å². The van der Waals surface area contributed by atoms with E-state index in [1.165, 1.54) is 11.0 Å². The summed E-state index contributed by atoms with van der Waals surface area (Å²) >= 11 is 6.91. The average Bonchev–Trinajstić information content (AvgIpc) is 2.99. The zero-order valence-electron chi connectivity index (χ0n) is 10.5. The van der Waals surface area contributed by atoms with E-state index < -0.39 is 5.97 Å². The van der Waals surface area contributed by atoms with Crippen LogP contribution in [0.25, 0.3) is 0 Å². The zero-order chi connectivity index (χ0) is 14.5. The third-order valence-electron chi connectivity index (χ3n) is 2.16. The Hall–Kier alpha value is -1.93. The first-order valence-corrected chi connectivity index (χ1v) is 6.89. The van der Waals surface area contributed by atoms with Gasteiger partial charge in [-0.25, -0.2) is 9.67 Å². The van der Waals surface area contributed by atoms with E-state index in [-0.39, 0.29) is 18.4 Å². The van der Waals surface area contributed by atoms with E-state index in [9.17, 15) is 9.59 Å². The molecule has 106 valence electrons. The molecule has 0 aromatic carbocycles. The van der Waals surface area contributed by atoms with E-state index in [4.69, 9.17) is 16.3 Å². The van der Waals surface area contributed by atoms with Crippen LogP contribution < -0.4 is 5.32 Å². The highest BCUT2D eigenvalue weighted by atomic mass is 35.5. The number of carbonyl (C=O) groups is 2. The van der Waals surface area contributed by atoms with E-state index in [1.54, 1.807) is 19.1 Å². The number of rotatable bonds is 5. The molecule has 9 heteroatoms. The molecule has 20 heavy (non-hydrogen) atoms. The molecule has 0 aliphatic rings. The van der Waals surface area contributed by atoms with Crippen molar-refractivity contribution < 1.29 is 14.3 Å². The van der Waals surface area contributed by atoms with Crippen molar-refractivity contribution in [2.75, 3.05) is 11.9 Å². The summed E-state index contributed by atoms with van der Waals surface area (Å²) in [5.74, 6) is -0.653. The van der Waals surface area contributed by atoms with Crippen LogP contribution in [0.3, 0.4) is 0 Å². The van der Waals surface area contributed by atoms with Crippen LogP contribution in [0.5, 0.6) is 0 Å². The average molecular weight is 315 g/mol. The number of halogens is 1. The number of carbonyl (C=O) groups excluding carboxylic acids is 2. The molecule has 0 atom stereocenters. The van der Waals surface area contributed by atoms with Gasteiger partial charge in [0.25, 0.3) is 5.91 Å². The number of thiophene rings is 1. The molecule has 0 saturated carbocycles. The highest BCUT2D eigenvalue weighted by Gasteiger charge is 2.12. The fraction of sp³-hybridized carbons (Fsp3) is 0.273. The second-order valence-corrected chi connectivity index (χ2v) is 5.34. The summed E-state index contributed by atoms with van der Waals surface area (Å²) in [7, 11) is 0. The standard InChI is InChI=1S/C11H11ClN4O3S/c1-2-19-9(17)5-16-6-13-11(15-16)14-10(18)7-3-4-8(12)20-7/h3-4,6H,2,5H2,1H3,(H,14,15,18). The Morgan fingerprint density at radius 3 is 2.95 bits per heavy atom. The van der Waals surface area contributed by atoms with Crippen LogP contribution in [0.15, 0.2) is 18.5 Å². The number of aromatic nitrogens is 3. The van der Waals surface area contributed by atoms with E-state index in [0.717, 1.165) is 11.3 Å². The van der Waals surface area contributed by atoms with Crippen molar-refractivity contribution in [2.45, 2.75) is 13.5 Å². The van der Waals surface area contributed by atoms with Crippen molar-refractivity contribution in [1.82, 2.24) is 14.8 Å². The third kappa shape index (κ3) is 3.78. The van der Waals surface area contributed by atoms with Crippen LogP contribution in [0.4, 0.5) is 5.95 Å². The van der Waals surface area contributed by atoms with E-state index in [2.05, 4.69) is 15.4 Å². The van der Waals surface area contributed by atoms with Crippen LogP contribution in [-0.4, -0.2) is 33.2 Å². The molecular weight excluding hydrogens is 304 g/mol. The molecule has 0 aliphatic carbocycles. The number of nitrogens with zero attached hydrogens (tertiary/aromatic N) is 3. The number of hydrogen-bond donors (Lipinski definition) is 1. The SMILES string of the molecule is CCOC(=O)Cn1cnc(NC(=O)c2ccc(Cl)s2)n1. The van der Waals surface area contributed by atoms with Gasteiger partial charge in [-0.15, -0.1) is 16.4 Å². The number of ether oxygens (including phenoxy) is 1. The van der Waals surface area contributed by atoms with Crippen LogP contribution in [0.2, 0.25) is 4.34 Å². The maximum atomic E-state index is 11.8. The zero-order valence-corrected chi connectivity index (χ0v) is 12.1. The normalized spacial score (nSPS) is 10.3. The molecule has 1 amide bonds. The van der Waals surface area contributed by atoms with Crippen LogP contribution in [0, 0.1) is 0 Å². The Kier molecular flexibility index (Phi) is 4.70. The largest absolute Gasteiger partial charge is 0.465 e. The summed E-state index contributed by atoms with van der Waals surface area (Å²) in [4.78, 5) is 27.4. The van der Waals surface area contributed by atoms with Gasteiger partial charge in [0.15, 0.2) is 0 Å². The Bertz CT molecular complexity index is 625. The minimum atomic E-state index is -0.416. The van der Waals surface area contributed by atoms with Gasteiger partial charge < -0.3 is 4.74 Å². The highest BCUT2D eigenvalue weighted by molar-refractivity contribution is 7.18. The van der Waals surface area contributed by atoms with E-state index >= 15 is 0 Å². The molecule has 2 rings (SSSR count). The fourth-order valence-corrected chi connectivity index (χ4v) is 2.30. The minimum absolute atomic E-state index is 0.0540. The smallest absolute Gasteiger partial charge is 0.327 e. The second-order valence-electron chi connectivity index (χ2n) is 3.63. The van der Waals surface area contributed by atoms with Gasteiger partial charge in [0.2, 0.25) is 5.95 Å². The molecule has 0 spiro atoms. The van der Waals surface area contributed by atoms with Crippen molar-refractivity contribution in [3.63, 3.8) is 0 Å². The van der Waals surface area contributed by atoms with Crippen molar-refractivity contribution in [3.05, 3.63) is 27.7 Å². The lowest BCUT2D eigenvalue weighted by atomic mass is 10.4. The van der Waals surface area contributed by atoms with E-state index in [1.807, 2.05) is 0 Å². The first kappa shape index (κ1) is 14.5. The molecule has 0 aliphatic heterocycles. The molecule has 0 fully saturated rings. The monoisotopic (exact) mass is 314 g/mol. The van der Waals surface area contributed by atoms with Gasteiger partial charge in [0.05, 0.1) is 15.8 Å². The van der Waals surface area contributed by atoms with Crippen LogP contribution in [-0.2, 0) is 16.1 Å². The molecule has 0 unspecified atom stereocenters. The van der Waals surface area contributed by atoms with Crippen molar-refractivity contribution in [2.24, 2.45) is 0 Å². The Labute approximate surface area is 123 Å². The van der Waals surface area contributed by atoms with Gasteiger partial charge in [-0.2, -0.15) is 0 Å². The number of amides is 1. The third-order valence-corrected chi connectivity index (χ3v) is 3.39. The molecule has 7 nitrogen and oxygen atoms in total. The lowest BCUT2D eigenvalue weighted by Gasteiger charge is -2.00. The summed E-state index contributed by atoms with van der Waals surface area (Å²) in [6.07, 6.45) is 1.34. The highest BCUT2D eigenvalue weighted by Crippen LogP contribution is 2.21. The quantitative estimate of drug-likeness (QED) is 0.851. The molecule has 2 aromatic heterocycles. The number of nitrogens with one attached hydrogen (secondary N) is 1. The summed E-state index contributed by atoms with van der Waals surface area (Å²) in [6, 6.07) is 3.24. The van der Waals surface area contributed by atoms with Crippen molar-refractivity contribution in [3.8, 4) is 0 Å². The minimum Gasteiger partial charge on any atom is -0.465 e. The molecule has 0 bridgehead atoms. The van der Waals surface area contributed by atoms with Gasteiger partial charge in [-0.05, 0) is 19.1 Å². The lowest BCUT2D eigenvalue weighted by molar-refractivity contribution is -0.144. The predicted molar refractivity (Wildman–Crippen MR) is 73.9 cm³/mol.